The van der Waals surface area contributed by atoms with Crippen molar-refractivity contribution in [2.24, 2.45) is 0 Å². The maximum absolute atomic E-state index is 14.5. The Morgan fingerprint density at radius 3 is 2.49 bits per heavy atom. The number of ether oxygens (including phenoxy) is 2. The van der Waals surface area contributed by atoms with E-state index in [2.05, 4.69) is 15.3 Å². The highest BCUT2D eigenvalue weighted by Gasteiger charge is 2.47. The van der Waals surface area contributed by atoms with Gasteiger partial charge in [0.05, 0.1) is 29.5 Å². The smallest absolute Gasteiger partial charge is 0.398 e. The van der Waals surface area contributed by atoms with Crippen LogP contribution in [-0.2, 0) is 5.41 Å². The summed E-state index contributed by atoms with van der Waals surface area (Å²) in [4.78, 5) is 21.9. The SMILES string of the molecule is COc1cc(C(=O)NCC(c2cc3c(c(-c4ccc(F)cc4)n2)OCC3(CF)CF)C(F)(F)F)cn2cc(C3CC3)nc12. The zero-order valence-electron chi connectivity index (χ0n) is 22.9. The number of nitrogens with one attached hydrogen (secondary N) is 1. The van der Waals surface area contributed by atoms with Crippen LogP contribution in [0.5, 0.6) is 11.5 Å². The molecule has 226 valence electrons. The summed E-state index contributed by atoms with van der Waals surface area (Å²) in [5.74, 6) is -3.20. The lowest BCUT2D eigenvalue weighted by Gasteiger charge is -2.24. The van der Waals surface area contributed by atoms with Crippen LogP contribution in [0.2, 0.25) is 0 Å². The first-order chi connectivity index (χ1) is 20.6. The summed E-state index contributed by atoms with van der Waals surface area (Å²) < 4.78 is 98.0. The van der Waals surface area contributed by atoms with Gasteiger partial charge >= 0.3 is 6.18 Å². The van der Waals surface area contributed by atoms with Crippen LogP contribution < -0.4 is 14.8 Å². The molecule has 6 rings (SSSR count). The Morgan fingerprint density at radius 1 is 1.14 bits per heavy atom. The lowest BCUT2D eigenvalue weighted by atomic mass is 9.83. The van der Waals surface area contributed by atoms with E-state index in [0.29, 0.717) is 11.6 Å². The number of aromatic nitrogens is 3. The van der Waals surface area contributed by atoms with Crippen molar-refractivity contribution in [3.8, 4) is 22.8 Å². The third-order valence-electron chi connectivity index (χ3n) is 7.92. The van der Waals surface area contributed by atoms with E-state index in [1.54, 1.807) is 10.6 Å². The molecule has 0 spiro atoms. The lowest BCUT2D eigenvalue weighted by molar-refractivity contribution is -0.149. The second-order valence-corrected chi connectivity index (χ2v) is 10.9. The molecule has 43 heavy (non-hydrogen) atoms. The van der Waals surface area contributed by atoms with Crippen molar-refractivity contribution in [1.29, 1.82) is 0 Å². The molecule has 1 aliphatic carbocycles. The highest BCUT2D eigenvalue weighted by atomic mass is 19.4. The van der Waals surface area contributed by atoms with E-state index in [0.717, 1.165) is 36.7 Å². The molecule has 4 aromatic rings. The Bertz CT molecular complexity index is 1680. The Labute approximate surface area is 241 Å². The van der Waals surface area contributed by atoms with Gasteiger partial charge in [-0.1, -0.05) is 0 Å². The predicted octanol–water partition coefficient (Wildman–Crippen LogP) is 6.07. The number of rotatable bonds is 9. The molecule has 0 radical (unpaired) electrons. The minimum absolute atomic E-state index is 0.0428. The molecule has 1 atom stereocenters. The van der Waals surface area contributed by atoms with Crippen LogP contribution in [0.3, 0.4) is 0 Å². The first kappa shape index (κ1) is 28.8. The number of fused-ring (bicyclic) bond motifs is 2. The fourth-order valence-electron chi connectivity index (χ4n) is 5.24. The van der Waals surface area contributed by atoms with E-state index in [9.17, 15) is 31.1 Å². The summed E-state index contributed by atoms with van der Waals surface area (Å²) >= 11 is 0. The topological polar surface area (TPSA) is 77.8 Å². The molecule has 13 heteroatoms. The first-order valence-electron chi connectivity index (χ1n) is 13.5. The molecule has 4 heterocycles. The number of carbonyl (C=O) groups excluding carboxylic acids is 1. The average Bonchev–Trinajstić information content (AvgIpc) is 3.64. The van der Waals surface area contributed by atoms with E-state index in [4.69, 9.17) is 9.47 Å². The minimum Gasteiger partial charge on any atom is -0.493 e. The molecule has 2 aliphatic rings. The number of amides is 1. The van der Waals surface area contributed by atoms with Crippen molar-refractivity contribution >= 4 is 11.6 Å². The molecule has 3 aromatic heterocycles. The van der Waals surface area contributed by atoms with Gasteiger partial charge in [0.25, 0.3) is 5.91 Å². The number of hydrogen-bond acceptors (Lipinski definition) is 5. The van der Waals surface area contributed by atoms with Crippen molar-refractivity contribution in [2.45, 2.75) is 36.3 Å². The maximum Gasteiger partial charge on any atom is 0.398 e. The Morgan fingerprint density at radius 2 is 1.86 bits per heavy atom. The highest BCUT2D eigenvalue weighted by Crippen LogP contribution is 2.47. The van der Waals surface area contributed by atoms with Crippen LogP contribution in [0.25, 0.3) is 16.9 Å². The number of alkyl halides is 5. The number of pyridine rings is 2. The van der Waals surface area contributed by atoms with E-state index in [-0.39, 0.29) is 33.9 Å². The molecular formula is C30H26F6N4O3. The van der Waals surface area contributed by atoms with Crippen molar-refractivity contribution < 1.29 is 40.6 Å². The fourth-order valence-corrected chi connectivity index (χ4v) is 5.24. The first-order valence-corrected chi connectivity index (χ1v) is 13.5. The van der Waals surface area contributed by atoms with E-state index in [1.807, 2.05) is 0 Å². The third kappa shape index (κ3) is 5.25. The Kier molecular flexibility index (Phi) is 7.21. The monoisotopic (exact) mass is 604 g/mol. The summed E-state index contributed by atoms with van der Waals surface area (Å²) in [6.45, 7) is -3.81. The van der Waals surface area contributed by atoms with E-state index >= 15 is 0 Å². The molecule has 1 fully saturated rings. The fraction of sp³-hybridized carbons (Fsp3) is 0.367. The second kappa shape index (κ2) is 10.8. The van der Waals surface area contributed by atoms with Gasteiger partial charge in [0, 0.05) is 36.0 Å². The van der Waals surface area contributed by atoms with Gasteiger partial charge in [0.15, 0.2) is 11.4 Å². The largest absolute Gasteiger partial charge is 0.493 e. The van der Waals surface area contributed by atoms with Crippen LogP contribution in [0.15, 0.2) is 48.8 Å². The van der Waals surface area contributed by atoms with E-state index in [1.165, 1.54) is 31.5 Å². The normalized spacial score (nSPS) is 16.5. The van der Waals surface area contributed by atoms with Crippen molar-refractivity contribution in [3.05, 3.63) is 77.1 Å². The summed E-state index contributed by atoms with van der Waals surface area (Å²) in [5.41, 5.74) is -1.05. The van der Waals surface area contributed by atoms with Crippen molar-refractivity contribution in [3.63, 3.8) is 0 Å². The summed E-state index contributed by atoms with van der Waals surface area (Å²) in [7, 11) is 1.40. The number of methoxy groups -OCH3 is 1. The third-order valence-corrected chi connectivity index (χ3v) is 7.92. The average molecular weight is 605 g/mol. The van der Waals surface area contributed by atoms with Gasteiger partial charge in [-0.05, 0) is 49.2 Å². The number of benzene rings is 1. The predicted molar refractivity (Wildman–Crippen MR) is 144 cm³/mol. The molecule has 1 saturated carbocycles. The van der Waals surface area contributed by atoms with Crippen LogP contribution in [0.4, 0.5) is 26.3 Å². The van der Waals surface area contributed by atoms with Gasteiger partial charge in [-0.25, -0.2) is 23.1 Å². The van der Waals surface area contributed by atoms with Crippen LogP contribution >= 0.6 is 0 Å². The number of carbonyl (C=O) groups is 1. The molecule has 1 unspecified atom stereocenters. The van der Waals surface area contributed by atoms with Gasteiger partial charge in [0.2, 0.25) is 0 Å². The molecular weight excluding hydrogens is 578 g/mol. The number of halogens is 6. The second-order valence-electron chi connectivity index (χ2n) is 10.9. The summed E-state index contributed by atoms with van der Waals surface area (Å²) in [5, 5.41) is 2.33. The number of nitrogens with zero attached hydrogens (tertiary/aromatic N) is 3. The molecule has 1 aliphatic heterocycles. The Hall–Kier alpha value is -4.29. The van der Waals surface area contributed by atoms with Gasteiger partial charge in [-0.3, -0.25) is 4.79 Å². The quantitative estimate of drug-likeness (QED) is 0.235. The minimum atomic E-state index is -4.91. The van der Waals surface area contributed by atoms with Crippen LogP contribution in [0, 0.1) is 5.82 Å². The van der Waals surface area contributed by atoms with Crippen LogP contribution in [-0.4, -0.2) is 60.1 Å². The Balaban J connectivity index is 1.35. The molecule has 1 amide bonds. The molecule has 7 nitrogen and oxygen atoms in total. The standard InChI is InChI=1S/C30H26F6N4O3/c1-42-24-8-18(11-40-12-23(16-2-3-16)39-27(24)40)28(41)37-10-21(30(34,35)36)22-9-20-26(43-15-29(20,13-31)14-32)25(38-22)17-4-6-19(33)7-5-17/h4-9,11-12,16,21H,2-3,10,13-15H2,1H3,(H,37,41). The summed E-state index contributed by atoms with van der Waals surface area (Å²) in [6, 6.07) is 7.12. The van der Waals surface area contributed by atoms with Gasteiger partial charge in [0.1, 0.15) is 43.1 Å². The lowest BCUT2D eigenvalue weighted by Crippen LogP contribution is -2.36. The maximum atomic E-state index is 14.5. The van der Waals surface area contributed by atoms with E-state index < -0.39 is 61.4 Å². The zero-order valence-corrected chi connectivity index (χ0v) is 22.9. The molecule has 0 saturated heterocycles. The number of hydrogen-bond donors (Lipinski definition) is 1. The molecule has 1 aromatic carbocycles. The van der Waals surface area contributed by atoms with Gasteiger partial charge in [-0.15, -0.1) is 0 Å². The van der Waals surface area contributed by atoms with Crippen LogP contribution in [0.1, 0.15) is 52.0 Å². The van der Waals surface area contributed by atoms with Gasteiger partial charge in [-0.2, -0.15) is 13.2 Å². The van der Waals surface area contributed by atoms with Gasteiger partial charge < -0.3 is 19.2 Å². The van der Waals surface area contributed by atoms with Crippen molar-refractivity contribution in [1.82, 2.24) is 19.7 Å². The highest BCUT2D eigenvalue weighted by molar-refractivity contribution is 5.95. The molecule has 0 bridgehead atoms. The molecule has 1 N–H and O–H groups in total. The number of imidazole rings is 1. The zero-order chi connectivity index (χ0) is 30.5. The summed E-state index contributed by atoms with van der Waals surface area (Å²) in [6.07, 6.45) is 0.320. The van der Waals surface area contributed by atoms with Crippen molar-refractivity contribution in [2.75, 3.05) is 33.6 Å².